The predicted molar refractivity (Wildman–Crippen MR) is 74.6 cm³/mol. The van der Waals surface area contributed by atoms with Crippen molar-refractivity contribution in [3.63, 3.8) is 0 Å². The highest BCUT2D eigenvalue weighted by Crippen LogP contribution is 2.45. The Morgan fingerprint density at radius 1 is 1.11 bits per heavy atom. The minimum Gasteiger partial charge on any atom is -0.394 e. The van der Waals surface area contributed by atoms with Gasteiger partial charge in [0, 0.05) is 26.3 Å². The van der Waals surface area contributed by atoms with Crippen molar-refractivity contribution >= 4 is 11.5 Å². The number of aromatic nitrogens is 2. The summed E-state index contributed by atoms with van der Waals surface area (Å²) >= 11 is 0. The third-order valence-corrected chi connectivity index (χ3v) is 4.87. The lowest BCUT2D eigenvalue weighted by Crippen LogP contribution is -2.41. The maximum Gasteiger partial charge on any atom is 0.173 e. The van der Waals surface area contributed by atoms with Crippen LogP contribution in [-0.2, 0) is 7.05 Å². The van der Waals surface area contributed by atoms with Crippen LogP contribution in [0.1, 0.15) is 44.9 Å². The summed E-state index contributed by atoms with van der Waals surface area (Å²) in [4.78, 5) is 2.37. The third kappa shape index (κ3) is 2.08. The number of hydrogen-bond acceptors (Lipinski definition) is 3. The fourth-order valence-corrected chi connectivity index (χ4v) is 3.74. The minimum absolute atomic E-state index is 0.651. The van der Waals surface area contributed by atoms with Gasteiger partial charge in [0.25, 0.3) is 0 Å². The monoisotopic (exact) mass is 248 g/mol. The van der Waals surface area contributed by atoms with Gasteiger partial charge in [-0.15, -0.1) is 0 Å². The van der Waals surface area contributed by atoms with Gasteiger partial charge in [-0.05, 0) is 31.1 Å². The van der Waals surface area contributed by atoms with Crippen molar-refractivity contribution in [2.24, 2.45) is 12.5 Å². The fourth-order valence-electron chi connectivity index (χ4n) is 3.74. The second-order valence-corrected chi connectivity index (χ2v) is 6.13. The van der Waals surface area contributed by atoms with Gasteiger partial charge in [-0.3, -0.25) is 4.68 Å². The van der Waals surface area contributed by atoms with Crippen molar-refractivity contribution in [1.82, 2.24) is 9.78 Å². The number of nitrogens with two attached hydrogens (primary N) is 1. The van der Waals surface area contributed by atoms with E-state index in [0.717, 1.165) is 24.6 Å². The Hall–Kier alpha value is -1.19. The zero-order valence-electron chi connectivity index (χ0n) is 11.4. The zero-order valence-corrected chi connectivity index (χ0v) is 11.4. The molecular formula is C14H24N4. The van der Waals surface area contributed by atoms with Crippen LogP contribution in [0.25, 0.3) is 0 Å². The van der Waals surface area contributed by atoms with E-state index >= 15 is 0 Å². The first-order valence-electron chi connectivity index (χ1n) is 7.23. The van der Waals surface area contributed by atoms with Gasteiger partial charge in [0.2, 0.25) is 0 Å². The van der Waals surface area contributed by atoms with E-state index < -0.39 is 0 Å². The SMILES string of the molecule is Cn1cc(N)c(N2CCC3(CCCCC3)CC2)n1. The lowest BCUT2D eigenvalue weighted by Gasteiger charge is -2.44. The standard InChI is InChI=1S/C14H24N4/c1-17-11-12(15)13(16-17)18-9-7-14(8-10-18)5-3-2-4-6-14/h11H,2-10,15H2,1H3. The molecule has 0 bridgehead atoms. The van der Waals surface area contributed by atoms with Crippen LogP contribution in [0.5, 0.6) is 0 Å². The average Bonchev–Trinajstić information content (AvgIpc) is 2.71. The number of nitrogens with zero attached hydrogens (tertiary/aromatic N) is 3. The molecule has 4 nitrogen and oxygen atoms in total. The molecule has 100 valence electrons. The quantitative estimate of drug-likeness (QED) is 0.831. The molecule has 0 aromatic carbocycles. The number of hydrogen-bond donors (Lipinski definition) is 1. The van der Waals surface area contributed by atoms with Gasteiger partial charge in [0.1, 0.15) is 0 Å². The molecule has 1 aromatic rings. The zero-order chi connectivity index (χ0) is 12.6. The first kappa shape index (κ1) is 11.9. The first-order valence-corrected chi connectivity index (χ1v) is 7.23. The molecule has 0 atom stereocenters. The molecule has 1 aliphatic heterocycles. The smallest absolute Gasteiger partial charge is 0.173 e. The second kappa shape index (κ2) is 4.48. The van der Waals surface area contributed by atoms with Crippen LogP contribution in [0.4, 0.5) is 11.5 Å². The van der Waals surface area contributed by atoms with Crippen LogP contribution in [0.15, 0.2) is 6.20 Å². The molecule has 18 heavy (non-hydrogen) atoms. The summed E-state index contributed by atoms with van der Waals surface area (Å²) in [7, 11) is 1.94. The number of aryl methyl sites for hydroxylation is 1. The van der Waals surface area contributed by atoms with Crippen LogP contribution in [0.3, 0.4) is 0 Å². The number of nitrogen functional groups attached to an aromatic ring is 1. The van der Waals surface area contributed by atoms with Crippen molar-refractivity contribution in [2.45, 2.75) is 44.9 Å². The Morgan fingerprint density at radius 2 is 1.78 bits per heavy atom. The topological polar surface area (TPSA) is 47.1 Å². The summed E-state index contributed by atoms with van der Waals surface area (Å²) in [6.45, 7) is 2.25. The molecule has 1 aliphatic carbocycles. The molecule has 1 saturated carbocycles. The van der Waals surface area contributed by atoms with E-state index in [4.69, 9.17) is 5.73 Å². The minimum atomic E-state index is 0.651. The Labute approximate surface area is 109 Å². The van der Waals surface area contributed by atoms with E-state index in [1.165, 1.54) is 44.9 Å². The molecule has 4 heteroatoms. The number of anilines is 2. The van der Waals surface area contributed by atoms with Crippen molar-refractivity contribution in [1.29, 1.82) is 0 Å². The molecule has 3 rings (SSSR count). The van der Waals surface area contributed by atoms with Crippen LogP contribution in [0.2, 0.25) is 0 Å². The van der Waals surface area contributed by atoms with E-state index in [2.05, 4.69) is 10.00 Å². The summed E-state index contributed by atoms with van der Waals surface area (Å²) in [6.07, 6.45) is 11.7. The van der Waals surface area contributed by atoms with Gasteiger partial charge in [-0.2, -0.15) is 5.10 Å². The Bertz CT molecular complexity index is 407. The van der Waals surface area contributed by atoms with E-state index in [-0.39, 0.29) is 0 Å². The molecule has 1 spiro atoms. The highest BCUT2D eigenvalue weighted by Gasteiger charge is 2.36. The van der Waals surface area contributed by atoms with Gasteiger partial charge in [-0.25, -0.2) is 0 Å². The van der Waals surface area contributed by atoms with Crippen LogP contribution >= 0.6 is 0 Å². The summed E-state index contributed by atoms with van der Waals surface area (Å²) in [5, 5.41) is 4.49. The van der Waals surface area contributed by atoms with Gasteiger partial charge < -0.3 is 10.6 Å². The highest BCUT2D eigenvalue weighted by molar-refractivity contribution is 5.61. The van der Waals surface area contributed by atoms with Gasteiger partial charge in [0.15, 0.2) is 5.82 Å². The largest absolute Gasteiger partial charge is 0.394 e. The third-order valence-electron chi connectivity index (χ3n) is 4.87. The molecule has 2 N–H and O–H groups in total. The normalized spacial score (nSPS) is 23.5. The highest BCUT2D eigenvalue weighted by atomic mass is 15.3. The van der Waals surface area contributed by atoms with E-state index in [1.54, 1.807) is 0 Å². The van der Waals surface area contributed by atoms with Crippen molar-refractivity contribution in [3.05, 3.63) is 6.20 Å². The van der Waals surface area contributed by atoms with Crippen LogP contribution < -0.4 is 10.6 Å². The van der Waals surface area contributed by atoms with E-state index in [9.17, 15) is 0 Å². The molecular weight excluding hydrogens is 224 g/mol. The molecule has 2 fully saturated rings. The Balaban J connectivity index is 1.68. The summed E-state index contributed by atoms with van der Waals surface area (Å²) in [5.41, 5.74) is 7.49. The molecule has 2 aliphatic rings. The van der Waals surface area contributed by atoms with Crippen molar-refractivity contribution in [3.8, 4) is 0 Å². The predicted octanol–water partition coefficient (Wildman–Crippen LogP) is 2.55. The summed E-state index contributed by atoms with van der Waals surface area (Å²) < 4.78 is 1.82. The number of piperidine rings is 1. The van der Waals surface area contributed by atoms with E-state index in [0.29, 0.717) is 5.41 Å². The van der Waals surface area contributed by atoms with Gasteiger partial charge >= 0.3 is 0 Å². The Kier molecular flexibility index (Phi) is 2.96. The molecule has 0 unspecified atom stereocenters. The molecule has 0 amide bonds. The summed E-state index contributed by atoms with van der Waals surface area (Å²) in [5.74, 6) is 0.989. The van der Waals surface area contributed by atoms with Gasteiger partial charge in [-0.1, -0.05) is 19.3 Å². The lowest BCUT2D eigenvalue weighted by molar-refractivity contribution is 0.144. The number of rotatable bonds is 1. The van der Waals surface area contributed by atoms with Crippen molar-refractivity contribution in [2.75, 3.05) is 23.7 Å². The summed E-state index contributed by atoms with van der Waals surface area (Å²) in [6, 6.07) is 0. The lowest BCUT2D eigenvalue weighted by atomic mass is 9.68. The maximum absolute atomic E-state index is 6.02. The molecule has 1 aromatic heterocycles. The molecule has 0 radical (unpaired) electrons. The van der Waals surface area contributed by atoms with Crippen molar-refractivity contribution < 1.29 is 0 Å². The van der Waals surface area contributed by atoms with E-state index in [1.807, 2.05) is 17.9 Å². The molecule has 2 heterocycles. The van der Waals surface area contributed by atoms with Gasteiger partial charge in [0.05, 0.1) is 5.69 Å². The fraction of sp³-hybridized carbons (Fsp3) is 0.786. The first-order chi connectivity index (χ1) is 8.69. The molecule has 1 saturated heterocycles. The Morgan fingerprint density at radius 3 is 2.33 bits per heavy atom. The van der Waals surface area contributed by atoms with Crippen LogP contribution in [-0.4, -0.2) is 22.9 Å². The average molecular weight is 248 g/mol. The second-order valence-electron chi connectivity index (χ2n) is 6.13. The maximum atomic E-state index is 6.02. The van der Waals surface area contributed by atoms with Crippen LogP contribution in [0, 0.1) is 5.41 Å².